The predicted molar refractivity (Wildman–Crippen MR) is 115 cm³/mol. The number of carbonyl (C=O) groups is 3. The van der Waals surface area contributed by atoms with Crippen LogP contribution in [0.3, 0.4) is 0 Å². The zero-order chi connectivity index (χ0) is 22.1. The Balaban J connectivity index is 1.62. The van der Waals surface area contributed by atoms with Gasteiger partial charge < -0.3 is 15.2 Å². The van der Waals surface area contributed by atoms with Gasteiger partial charge in [0.2, 0.25) is 5.91 Å². The van der Waals surface area contributed by atoms with Crippen LogP contribution in [0.5, 0.6) is 0 Å². The van der Waals surface area contributed by atoms with Gasteiger partial charge in [-0.25, -0.2) is 9.59 Å². The highest BCUT2D eigenvalue weighted by molar-refractivity contribution is 5.98. The molecule has 0 radical (unpaired) electrons. The lowest BCUT2D eigenvalue weighted by atomic mass is 10.1. The first-order valence-electron chi connectivity index (χ1n) is 9.40. The molecule has 0 saturated carbocycles. The number of rotatable bonds is 7. The molecule has 0 spiro atoms. The summed E-state index contributed by atoms with van der Waals surface area (Å²) in [4.78, 5) is 35.8. The molecule has 8 heteroatoms. The zero-order valence-corrected chi connectivity index (χ0v) is 16.5. The maximum absolute atomic E-state index is 12.1. The lowest BCUT2D eigenvalue weighted by molar-refractivity contribution is 0.1000. The third kappa shape index (κ3) is 6.90. The molecule has 0 aliphatic carbocycles. The highest BCUT2D eigenvalue weighted by atomic mass is 16.6. The largest absolute Gasteiger partial charge is 0.444 e. The fourth-order valence-corrected chi connectivity index (χ4v) is 2.67. The number of carbonyl (C=O) groups excluding carboxylic acids is 3. The molecular weight excluding hydrogens is 398 g/mol. The summed E-state index contributed by atoms with van der Waals surface area (Å²) in [5.74, 6) is -0.720. The summed E-state index contributed by atoms with van der Waals surface area (Å²) in [6, 6.07) is 22.6. The second-order valence-electron chi connectivity index (χ2n) is 6.54. The number of nitrogens with two attached hydrogens (primary N) is 1. The molecule has 0 bridgehead atoms. The Hall–Kier alpha value is -4.33. The zero-order valence-electron chi connectivity index (χ0n) is 16.5. The van der Waals surface area contributed by atoms with Gasteiger partial charge in [-0.1, -0.05) is 60.7 Å². The number of benzene rings is 3. The third-order valence-electron chi connectivity index (χ3n) is 4.14. The molecule has 0 fully saturated rings. The van der Waals surface area contributed by atoms with Gasteiger partial charge in [0.1, 0.15) is 13.2 Å². The van der Waals surface area contributed by atoms with E-state index in [1.54, 1.807) is 0 Å². The molecule has 3 amide bonds. The molecule has 8 nitrogen and oxygen atoms in total. The molecule has 4 N–H and O–H groups in total. The molecule has 0 aliphatic heterocycles. The normalized spacial score (nSPS) is 10.1. The maximum Gasteiger partial charge on any atom is 0.411 e. The molecule has 0 saturated heterocycles. The fourth-order valence-electron chi connectivity index (χ4n) is 2.67. The number of anilines is 2. The van der Waals surface area contributed by atoms with E-state index in [1.165, 1.54) is 18.2 Å². The van der Waals surface area contributed by atoms with Gasteiger partial charge in [0.25, 0.3) is 0 Å². The van der Waals surface area contributed by atoms with Crippen molar-refractivity contribution in [3.05, 3.63) is 95.6 Å². The molecular formula is C23H21N3O5. The van der Waals surface area contributed by atoms with E-state index in [9.17, 15) is 14.4 Å². The van der Waals surface area contributed by atoms with Gasteiger partial charge in [-0.2, -0.15) is 0 Å². The highest BCUT2D eigenvalue weighted by Crippen LogP contribution is 2.20. The van der Waals surface area contributed by atoms with Crippen molar-refractivity contribution in [1.29, 1.82) is 0 Å². The smallest absolute Gasteiger partial charge is 0.411 e. The number of ether oxygens (including phenoxy) is 2. The van der Waals surface area contributed by atoms with E-state index in [-0.39, 0.29) is 30.2 Å². The molecule has 0 unspecified atom stereocenters. The molecule has 158 valence electrons. The Labute approximate surface area is 179 Å². The van der Waals surface area contributed by atoms with Crippen molar-refractivity contribution >= 4 is 29.5 Å². The number of hydrogen-bond acceptors (Lipinski definition) is 5. The monoisotopic (exact) mass is 419 g/mol. The Morgan fingerprint density at radius 3 is 1.48 bits per heavy atom. The number of hydrogen-bond donors (Lipinski definition) is 3. The number of amides is 3. The molecule has 3 aromatic carbocycles. The molecule has 3 aromatic rings. The van der Waals surface area contributed by atoms with Crippen LogP contribution in [-0.4, -0.2) is 18.1 Å². The van der Waals surface area contributed by atoms with Crippen molar-refractivity contribution in [2.24, 2.45) is 5.73 Å². The summed E-state index contributed by atoms with van der Waals surface area (Å²) in [6.45, 7) is 0.165. The number of primary amides is 1. The van der Waals surface area contributed by atoms with Gasteiger partial charge in [-0.3, -0.25) is 15.4 Å². The first-order chi connectivity index (χ1) is 15.0. The van der Waals surface area contributed by atoms with E-state index in [1.807, 2.05) is 60.7 Å². The molecule has 0 heterocycles. The van der Waals surface area contributed by atoms with Gasteiger partial charge in [0.15, 0.2) is 0 Å². The van der Waals surface area contributed by atoms with E-state index in [0.717, 1.165) is 11.1 Å². The summed E-state index contributed by atoms with van der Waals surface area (Å²) in [5, 5.41) is 5.04. The fraction of sp³-hybridized carbons (Fsp3) is 0.0870. The first-order valence-corrected chi connectivity index (χ1v) is 9.40. The molecule has 3 rings (SSSR count). The van der Waals surface area contributed by atoms with Crippen LogP contribution in [0, 0.1) is 0 Å². The maximum atomic E-state index is 12.1. The van der Waals surface area contributed by atoms with Crippen LogP contribution in [0.1, 0.15) is 21.5 Å². The highest BCUT2D eigenvalue weighted by Gasteiger charge is 2.12. The summed E-state index contributed by atoms with van der Waals surface area (Å²) in [6.07, 6.45) is -1.44. The SMILES string of the molecule is NC(=O)c1cc(NC(=O)OCc2ccccc2)cc(NC(=O)OCc2ccccc2)c1. The Kier molecular flexibility index (Phi) is 7.21. The van der Waals surface area contributed by atoms with E-state index in [4.69, 9.17) is 15.2 Å². The summed E-state index contributed by atoms with van der Waals surface area (Å²) in [5.41, 5.74) is 7.56. The molecule has 31 heavy (non-hydrogen) atoms. The van der Waals surface area contributed by atoms with Crippen molar-refractivity contribution in [3.8, 4) is 0 Å². The van der Waals surface area contributed by atoms with Crippen molar-refractivity contribution in [3.63, 3.8) is 0 Å². The standard InChI is InChI=1S/C23H21N3O5/c24-21(27)18-11-19(25-22(28)30-14-16-7-3-1-4-8-16)13-20(12-18)26-23(29)31-15-17-9-5-2-6-10-17/h1-13H,14-15H2,(H2,24,27)(H,25,28)(H,26,29). The van der Waals surface area contributed by atoms with Crippen LogP contribution in [0.4, 0.5) is 21.0 Å². The van der Waals surface area contributed by atoms with Crippen molar-refractivity contribution in [2.45, 2.75) is 13.2 Å². The van der Waals surface area contributed by atoms with Gasteiger partial charge >= 0.3 is 12.2 Å². The minimum Gasteiger partial charge on any atom is -0.444 e. The van der Waals surface area contributed by atoms with E-state index in [0.29, 0.717) is 0 Å². The Bertz CT molecular complexity index is 980. The van der Waals surface area contributed by atoms with Crippen molar-refractivity contribution < 1.29 is 23.9 Å². The van der Waals surface area contributed by atoms with Gasteiger partial charge in [-0.05, 0) is 29.3 Å². The summed E-state index contributed by atoms with van der Waals surface area (Å²) >= 11 is 0. The topological polar surface area (TPSA) is 120 Å². The van der Waals surface area contributed by atoms with E-state index >= 15 is 0 Å². The van der Waals surface area contributed by atoms with Crippen LogP contribution < -0.4 is 16.4 Å². The van der Waals surface area contributed by atoms with E-state index in [2.05, 4.69) is 10.6 Å². The summed E-state index contributed by atoms with van der Waals surface area (Å²) in [7, 11) is 0. The lowest BCUT2D eigenvalue weighted by Crippen LogP contribution is -2.18. The Morgan fingerprint density at radius 2 is 1.10 bits per heavy atom. The molecule has 0 atom stereocenters. The van der Waals surface area contributed by atoms with E-state index < -0.39 is 18.1 Å². The van der Waals surface area contributed by atoms with Crippen LogP contribution in [-0.2, 0) is 22.7 Å². The van der Waals surface area contributed by atoms with Crippen molar-refractivity contribution in [2.75, 3.05) is 10.6 Å². The van der Waals surface area contributed by atoms with Gasteiger partial charge in [0, 0.05) is 16.9 Å². The minimum atomic E-state index is -0.720. The van der Waals surface area contributed by atoms with Crippen molar-refractivity contribution in [1.82, 2.24) is 0 Å². The predicted octanol–water partition coefficient (Wildman–Crippen LogP) is 4.28. The lowest BCUT2D eigenvalue weighted by Gasteiger charge is -2.12. The second-order valence-corrected chi connectivity index (χ2v) is 6.54. The summed E-state index contributed by atoms with van der Waals surface area (Å²) < 4.78 is 10.3. The number of nitrogens with one attached hydrogen (secondary N) is 2. The average molecular weight is 419 g/mol. The second kappa shape index (κ2) is 10.4. The van der Waals surface area contributed by atoms with Crippen LogP contribution in [0.2, 0.25) is 0 Å². The Morgan fingerprint density at radius 1 is 0.677 bits per heavy atom. The van der Waals surface area contributed by atoms with Crippen LogP contribution in [0.25, 0.3) is 0 Å². The van der Waals surface area contributed by atoms with Crippen LogP contribution in [0.15, 0.2) is 78.9 Å². The third-order valence-corrected chi connectivity index (χ3v) is 4.14. The molecule has 0 aliphatic rings. The first kappa shape index (κ1) is 21.4. The van der Waals surface area contributed by atoms with Gasteiger partial charge in [0.05, 0.1) is 0 Å². The molecule has 0 aromatic heterocycles. The van der Waals surface area contributed by atoms with Gasteiger partial charge in [-0.15, -0.1) is 0 Å². The average Bonchev–Trinajstić information content (AvgIpc) is 2.77. The quantitative estimate of drug-likeness (QED) is 0.528. The van der Waals surface area contributed by atoms with Crippen LogP contribution >= 0.6 is 0 Å². The minimum absolute atomic E-state index is 0.0824.